The smallest absolute Gasteiger partial charge is 0.251 e. The topological polar surface area (TPSA) is 46.2 Å². The van der Waals surface area contributed by atoms with E-state index in [0.717, 1.165) is 5.56 Å². The van der Waals surface area contributed by atoms with E-state index in [4.69, 9.17) is 11.6 Å². The van der Waals surface area contributed by atoms with E-state index in [-0.39, 0.29) is 11.2 Å². The van der Waals surface area contributed by atoms with Crippen molar-refractivity contribution in [3.8, 4) is 0 Å². The molecular formula is C13H18ClNO2S. The SMILES string of the molecule is CC(CCNC(=O)c1cccc(CCl)c1)S(C)=O. The van der Waals surface area contributed by atoms with Crippen LogP contribution in [0.25, 0.3) is 0 Å². The van der Waals surface area contributed by atoms with Crippen LogP contribution in [-0.4, -0.2) is 28.2 Å². The zero-order valence-electron chi connectivity index (χ0n) is 10.6. The molecule has 100 valence electrons. The number of amides is 1. The molecule has 0 saturated carbocycles. The predicted octanol–water partition coefficient (Wildman–Crippen LogP) is 2.31. The second-order valence-corrected chi connectivity index (χ2v) is 6.26. The molecule has 0 heterocycles. The number of alkyl halides is 1. The van der Waals surface area contributed by atoms with Crippen LogP contribution in [0.1, 0.15) is 29.3 Å². The van der Waals surface area contributed by atoms with E-state index in [1.54, 1.807) is 18.4 Å². The van der Waals surface area contributed by atoms with Crippen LogP contribution >= 0.6 is 11.6 Å². The molecule has 5 heteroatoms. The molecule has 2 unspecified atom stereocenters. The zero-order chi connectivity index (χ0) is 13.5. The summed E-state index contributed by atoms with van der Waals surface area (Å²) in [7, 11) is -0.843. The number of hydrogen-bond donors (Lipinski definition) is 1. The van der Waals surface area contributed by atoms with Crippen LogP contribution in [-0.2, 0) is 16.7 Å². The highest BCUT2D eigenvalue weighted by atomic mass is 35.5. The maximum Gasteiger partial charge on any atom is 0.251 e. The third kappa shape index (κ3) is 4.78. The lowest BCUT2D eigenvalue weighted by Gasteiger charge is -2.09. The molecule has 0 aliphatic rings. The maximum atomic E-state index is 11.8. The van der Waals surface area contributed by atoms with Crippen molar-refractivity contribution in [2.24, 2.45) is 0 Å². The van der Waals surface area contributed by atoms with Gasteiger partial charge in [-0.2, -0.15) is 0 Å². The lowest BCUT2D eigenvalue weighted by Crippen LogP contribution is -2.27. The van der Waals surface area contributed by atoms with Gasteiger partial charge in [0, 0.05) is 40.3 Å². The number of benzene rings is 1. The van der Waals surface area contributed by atoms with E-state index >= 15 is 0 Å². The Hall–Kier alpha value is -0.870. The van der Waals surface area contributed by atoms with Crippen molar-refractivity contribution in [1.29, 1.82) is 0 Å². The summed E-state index contributed by atoms with van der Waals surface area (Å²) in [6.07, 6.45) is 2.39. The average Bonchev–Trinajstić information content (AvgIpc) is 2.38. The fraction of sp³-hybridized carbons (Fsp3) is 0.462. The van der Waals surface area contributed by atoms with E-state index in [1.807, 2.05) is 19.1 Å². The molecule has 1 amide bonds. The van der Waals surface area contributed by atoms with E-state index in [2.05, 4.69) is 5.32 Å². The molecule has 0 spiro atoms. The molecule has 0 bridgehead atoms. The number of rotatable bonds is 6. The van der Waals surface area contributed by atoms with Gasteiger partial charge in [-0.3, -0.25) is 9.00 Å². The Bertz CT molecular complexity index is 437. The van der Waals surface area contributed by atoms with Gasteiger partial charge < -0.3 is 5.32 Å². The maximum absolute atomic E-state index is 11.8. The lowest BCUT2D eigenvalue weighted by molar-refractivity contribution is 0.0953. The molecule has 0 aromatic heterocycles. The van der Waals surface area contributed by atoms with Crippen molar-refractivity contribution in [3.05, 3.63) is 35.4 Å². The Labute approximate surface area is 115 Å². The van der Waals surface area contributed by atoms with Gasteiger partial charge in [-0.1, -0.05) is 19.1 Å². The van der Waals surface area contributed by atoms with E-state index < -0.39 is 10.8 Å². The first kappa shape index (κ1) is 15.2. The number of halogens is 1. The summed E-state index contributed by atoms with van der Waals surface area (Å²) in [6, 6.07) is 7.24. The van der Waals surface area contributed by atoms with Crippen LogP contribution in [0.4, 0.5) is 0 Å². The van der Waals surface area contributed by atoms with Crippen molar-refractivity contribution >= 4 is 28.3 Å². The number of carbonyl (C=O) groups is 1. The van der Waals surface area contributed by atoms with Crippen molar-refractivity contribution in [3.63, 3.8) is 0 Å². The Kier molecular flexibility index (Phi) is 6.36. The van der Waals surface area contributed by atoms with E-state index in [1.165, 1.54) is 0 Å². The summed E-state index contributed by atoms with van der Waals surface area (Å²) in [5.74, 6) is 0.281. The molecule has 0 aliphatic heterocycles. The summed E-state index contributed by atoms with van der Waals surface area (Å²) in [5.41, 5.74) is 1.53. The Balaban J connectivity index is 2.47. The highest BCUT2D eigenvalue weighted by Crippen LogP contribution is 2.08. The van der Waals surface area contributed by atoms with Gasteiger partial charge in [0.25, 0.3) is 5.91 Å². The number of hydrogen-bond acceptors (Lipinski definition) is 2. The van der Waals surface area contributed by atoms with E-state index in [0.29, 0.717) is 24.4 Å². The molecule has 0 saturated heterocycles. The van der Waals surface area contributed by atoms with Crippen molar-refractivity contribution in [2.75, 3.05) is 12.8 Å². The van der Waals surface area contributed by atoms with Crippen molar-refractivity contribution in [1.82, 2.24) is 5.32 Å². The van der Waals surface area contributed by atoms with Crippen LogP contribution in [0.5, 0.6) is 0 Å². The van der Waals surface area contributed by atoms with Crippen molar-refractivity contribution < 1.29 is 9.00 Å². The molecule has 3 nitrogen and oxygen atoms in total. The predicted molar refractivity (Wildman–Crippen MR) is 76.5 cm³/mol. The van der Waals surface area contributed by atoms with Gasteiger partial charge in [-0.25, -0.2) is 0 Å². The third-order valence-electron chi connectivity index (χ3n) is 2.75. The quantitative estimate of drug-likeness (QED) is 0.816. The molecule has 1 aromatic rings. The summed E-state index contributed by atoms with van der Waals surface area (Å²) in [5, 5.41) is 2.92. The van der Waals surface area contributed by atoms with Gasteiger partial charge in [0.15, 0.2) is 0 Å². The van der Waals surface area contributed by atoms with Gasteiger partial charge in [0.2, 0.25) is 0 Å². The lowest BCUT2D eigenvalue weighted by atomic mass is 10.1. The normalized spacial score (nSPS) is 13.9. The van der Waals surface area contributed by atoms with Gasteiger partial charge >= 0.3 is 0 Å². The van der Waals surface area contributed by atoms with Crippen LogP contribution < -0.4 is 5.32 Å². The minimum absolute atomic E-state index is 0.0967. The van der Waals surface area contributed by atoms with Crippen LogP contribution in [0, 0.1) is 0 Å². The average molecular weight is 288 g/mol. The summed E-state index contributed by atoms with van der Waals surface area (Å²) >= 11 is 5.72. The molecule has 0 radical (unpaired) electrons. The molecule has 0 aliphatic carbocycles. The minimum Gasteiger partial charge on any atom is -0.352 e. The fourth-order valence-electron chi connectivity index (χ4n) is 1.45. The van der Waals surface area contributed by atoms with Gasteiger partial charge in [-0.05, 0) is 24.1 Å². The second kappa shape index (κ2) is 7.54. The molecule has 1 aromatic carbocycles. The molecular weight excluding hydrogens is 270 g/mol. The summed E-state index contributed by atoms with van der Waals surface area (Å²) in [4.78, 5) is 11.8. The second-order valence-electron chi connectivity index (χ2n) is 4.19. The Morgan fingerprint density at radius 2 is 2.22 bits per heavy atom. The standard InChI is InChI=1S/C13H18ClNO2S/c1-10(18(2)17)6-7-15-13(16)12-5-3-4-11(8-12)9-14/h3-5,8,10H,6-7,9H2,1-2H3,(H,15,16). The summed E-state index contributed by atoms with van der Waals surface area (Å²) in [6.45, 7) is 2.45. The zero-order valence-corrected chi connectivity index (χ0v) is 12.2. The molecule has 2 atom stereocenters. The molecule has 18 heavy (non-hydrogen) atoms. The third-order valence-corrected chi connectivity index (χ3v) is 4.42. The highest BCUT2D eigenvalue weighted by molar-refractivity contribution is 7.84. The van der Waals surface area contributed by atoms with Gasteiger partial charge in [-0.15, -0.1) is 11.6 Å². The number of nitrogens with one attached hydrogen (secondary N) is 1. The monoisotopic (exact) mass is 287 g/mol. The van der Waals surface area contributed by atoms with Gasteiger partial charge in [0.05, 0.1) is 0 Å². The fourth-order valence-corrected chi connectivity index (χ4v) is 2.07. The van der Waals surface area contributed by atoms with Crippen LogP contribution in [0.15, 0.2) is 24.3 Å². The molecule has 1 rings (SSSR count). The Morgan fingerprint density at radius 1 is 1.50 bits per heavy atom. The first-order chi connectivity index (χ1) is 8.54. The first-order valence-electron chi connectivity index (χ1n) is 5.80. The van der Waals surface area contributed by atoms with Gasteiger partial charge in [0.1, 0.15) is 0 Å². The minimum atomic E-state index is -0.843. The largest absolute Gasteiger partial charge is 0.352 e. The first-order valence-corrected chi connectivity index (χ1v) is 7.95. The molecule has 0 fully saturated rings. The van der Waals surface area contributed by atoms with Crippen LogP contribution in [0.2, 0.25) is 0 Å². The highest BCUT2D eigenvalue weighted by Gasteiger charge is 2.08. The van der Waals surface area contributed by atoms with Crippen LogP contribution in [0.3, 0.4) is 0 Å². The van der Waals surface area contributed by atoms with E-state index in [9.17, 15) is 9.00 Å². The summed E-state index contributed by atoms with van der Waals surface area (Å²) < 4.78 is 11.2. The molecule has 1 N–H and O–H groups in total. The van der Waals surface area contributed by atoms with Crippen molar-refractivity contribution in [2.45, 2.75) is 24.5 Å². The Morgan fingerprint density at radius 3 is 2.83 bits per heavy atom. The number of carbonyl (C=O) groups excluding carboxylic acids is 1.